The number of nitrogens with zero attached hydrogens (tertiary/aromatic N) is 2. The van der Waals surface area contributed by atoms with Gasteiger partial charge in [0.15, 0.2) is 5.76 Å². The lowest BCUT2D eigenvalue weighted by atomic mass is 10.3. The monoisotopic (exact) mass is 219 g/mol. The molecule has 0 radical (unpaired) electrons. The molecule has 0 fully saturated rings. The van der Waals surface area contributed by atoms with Gasteiger partial charge in [-0.15, -0.1) is 0 Å². The van der Waals surface area contributed by atoms with Gasteiger partial charge in [-0.2, -0.15) is 0 Å². The van der Waals surface area contributed by atoms with Crippen molar-refractivity contribution in [3.63, 3.8) is 0 Å². The number of nitrogens with two attached hydrogens (primary N) is 1. The maximum atomic E-state index is 5.26. The van der Waals surface area contributed by atoms with E-state index >= 15 is 0 Å². The summed E-state index contributed by atoms with van der Waals surface area (Å²) in [5, 5.41) is 6.98. The molecular weight excluding hydrogens is 206 g/mol. The van der Waals surface area contributed by atoms with Crippen LogP contribution >= 0.6 is 0 Å². The number of hydrogen-bond donors (Lipinski definition) is 3. The predicted molar refractivity (Wildman–Crippen MR) is 60.6 cm³/mol. The van der Waals surface area contributed by atoms with Gasteiger partial charge in [0.2, 0.25) is 0 Å². The number of pyridine rings is 1. The summed E-state index contributed by atoms with van der Waals surface area (Å²) < 4.78 is 5.07. The van der Waals surface area contributed by atoms with Crippen LogP contribution < -0.4 is 16.6 Å². The Hall–Kier alpha value is -2.08. The number of hydrogen-bond acceptors (Lipinski definition) is 6. The second kappa shape index (κ2) is 4.63. The third kappa shape index (κ3) is 2.48. The van der Waals surface area contributed by atoms with Crippen LogP contribution in [0.5, 0.6) is 0 Å². The second-order valence-electron chi connectivity index (χ2n) is 3.36. The molecule has 0 unspecified atom stereocenters. The fraction of sp³-hybridized carbons (Fsp3) is 0.200. The Bertz CT molecular complexity index is 468. The highest BCUT2D eigenvalue weighted by Gasteiger charge is 2.00. The van der Waals surface area contributed by atoms with Crippen molar-refractivity contribution in [3.8, 4) is 0 Å². The zero-order chi connectivity index (χ0) is 11.4. The first-order chi connectivity index (χ1) is 7.78. The number of anilines is 2. The van der Waals surface area contributed by atoms with E-state index in [1.54, 1.807) is 6.20 Å². The molecule has 0 bridgehead atoms. The molecule has 0 saturated heterocycles. The van der Waals surface area contributed by atoms with Crippen LogP contribution in [0, 0.1) is 6.92 Å². The highest BCUT2D eigenvalue weighted by atomic mass is 16.5. The lowest BCUT2D eigenvalue weighted by molar-refractivity contribution is 0.384. The molecule has 6 nitrogen and oxygen atoms in total. The fourth-order valence-electron chi connectivity index (χ4n) is 1.31. The maximum Gasteiger partial charge on any atom is 0.156 e. The number of nitrogens with one attached hydrogen (secondary N) is 2. The number of aryl methyl sites for hydroxylation is 1. The number of hydrazine groups is 1. The Morgan fingerprint density at radius 1 is 1.44 bits per heavy atom. The van der Waals surface area contributed by atoms with Crippen molar-refractivity contribution in [2.24, 2.45) is 5.84 Å². The molecule has 6 heteroatoms. The van der Waals surface area contributed by atoms with Crippen LogP contribution in [0.3, 0.4) is 0 Å². The van der Waals surface area contributed by atoms with Crippen molar-refractivity contribution in [1.29, 1.82) is 0 Å². The molecule has 0 aliphatic rings. The standard InChI is InChI=1S/C10H13N5O/c1-7-4-9(16-15-7)6-13-8-2-3-12-10(5-8)14-11/h2-5H,6,11H2,1H3,(H2,12,13,14). The third-order valence-electron chi connectivity index (χ3n) is 2.05. The Morgan fingerprint density at radius 2 is 2.31 bits per heavy atom. The van der Waals surface area contributed by atoms with Crippen LogP contribution in [0.15, 0.2) is 28.9 Å². The molecular formula is C10H13N5O. The molecule has 0 spiro atoms. The molecule has 0 aliphatic carbocycles. The van der Waals surface area contributed by atoms with E-state index in [4.69, 9.17) is 10.4 Å². The van der Waals surface area contributed by atoms with Gasteiger partial charge in [0.1, 0.15) is 5.82 Å². The van der Waals surface area contributed by atoms with Gasteiger partial charge < -0.3 is 15.3 Å². The molecule has 0 atom stereocenters. The normalized spacial score (nSPS) is 10.1. The van der Waals surface area contributed by atoms with Gasteiger partial charge in [0.25, 0.3) is 0 Å². The topological polar surface area (TPSA) is 89.0 Å². The summed E-state index contributed by atoms with van der Waals surface area (Å²) in [4.78, 5) is 4.01. The molecule has 2 rings (SSSR count). The average molecular weight is 219 g/mol. The summed E-state index contributed by atoms with van der Waals surface area (Å²) in [7, 11) is 0. The molecule has 0 saturated carbocycles. The van der Waals surface area contributed by atoms with Crippen molar-refractivity contribution in [3.05, 3.63) is 35.9 Å². The summed E-state index contributed by atoms with van der Waals surface area (Å²) in [5.41, 5.74) is 4.27. The zero-order valence-corrected chi connectivity index (χ0v) is 8.90. The smallest absolute Gasteiger partial charge is 0.156 e. The summed E-state index contributed by atoms with van der Waals surface area (Å²) in [5.74, 6) is 6.66. The van der Waals surface area contributed by atoms with Crippen LogP contribution in [0.1, 0.15) is 11.5 Å². The van der Waals surface area contributed by atoms with Crippen molar-refractivity contribution in [2.45, 2.75) is 13.5 Å². The van der Waals surface area contributed by atoms with E-state index in [0.717, 1.165) is 17.1 Å². The largest absolute Gasteiger partial charge is 0.378 e. The van der Waals surface area contributed by atoms with E-state index in [1.807, 2.05) is 25.1 Å². The molecule has 2 aromatic rings. The van der Waals surface area contributed by atoms with Gasteiger partial charge in [0, 0.05) is 24.0 Å². The summed E-state index contributed by atoms with van der Waals surface area (Å²) >= 11 is 0. The first-order valence-corrected chi connectivity index (χ1v) is 4.86. The van der Waals surface area contributed by atoms with Crippen LogP contribution in [0.2, 0.25) is 0 Å². The summed E-state index contributed by atoms with van der Waals surface area (Å²) in [6.07, 6.45) is 1.67. The van der Waals surface area contributed by atoms with Gasteiger partial charge in [-0.1, -0.05) is 5.16 Å². The molecule has 2 aromatic heterocycles. The molecule has 4 N–H and O–H groups in total. The van der Waals surface area contributed by atoms with E-state index in [0.29, 0.717) is 12.4 Å². The quantitative estimate of drug-likeness (QED) is 0.530. The van der Waals surface area contributed by atoms with E-state index in [9.17, 15) is 0 Å². The SMILES string of the molecule is Cc1cc(CNc2ccnc(NN)c2)on1. The van der Waals surface area contributed by atoms with E-state index in [1.165, 1.54) is 0 Å². The van der Waals surface area contributed by atoms with E-state index in [2.05, 4.69) is 20.9 Å². The third-order valence-corrected chi connectivity index (χ3v) is 2.05. The van der Waals surface area contributed by atoms with Gasteiger partial charge in [-0.05, 0) is 13.0 Å². The predicted octanol–water partition coefficient (Wildman–Crippen LogP) is 1.28. The van der Waals surface area contributed by atoms with Crippen LogP contribution in [-0.4, -0.2) is 10.1 Å². The summed E-state index contributed by atoms with van der Waals surface area (Å²) in [6, 6.07) is 5.55. The average Bonchev–Trinajstić information content (AvgIpc) is 2.73. The minimum Gasteiger partial charge on any atom is -0.378 e. The Morgan fingerprint density at radius 3 is 3.00 bits per heavy atom. The minimum atomic E-state index is 0.578. The molecule has 84 valence electrons. The van der Waals surface area contributed by atoms with E-state index < -0.39 is 0 Å². The summed E-state index contributed by atoms with van der Waals surface area (Å²) in [6.45, 7) is 2.46. The number of nitrogen functional groups attached to an aromatic ring is 1. The van der Waals surface area contributed by atoms with Crippen LogP contribution in [0.25, 0.3) is 0 Å². The Kier molecular flexibility index (Phi) is 3.02. The van der Waals surface area contributed by atoms with Crippen molar-refractivity contribution < 1.29 is 4.52 Å². The van der Waals surface area contributed by atoms with Crippen LogP contribution in [0.4, 0.5) is 11.5 Å². The lowest BCUT2D eigenvalue weighted by Crippen LogP contribution is -2.08. The second-order valence-corrected chi connectivity index (χ2v) is 3.36. The van der Waals surface area contributed by atoms with Gasteiger partial charge in [-0.25, -0.2) is 10.8 Å². The van der Waals surface area contributed by atoms with E-state index in [-0.39, 0.29) is 0 Å². The first-order valence-electron chi connectivity index (χ1n) is 4.86. The first kappa shape index (κ1) is 10.4. The van der Waals surface area contributed by atoms with Gasteiger partial charge in [-0.3, -0.25) is 0 Å². The zero-order valence-electron chi connectivity index (χ0n) is 8.90. The van der Waals surface area contributed by atoms with Gasteiger partial charge >= 0.3 is 0 Å². The Labute approximate surface area is 92.8 Å². The van der Waals surface area contributed by atoms with Crippen molar-refractivity contribution >= 4 is 11.5 Å². The molecule has 0 amide bonds. The number of aromatic nitrogens is 2. The highest BCUT2D eigenvalue weighted by Crippen LogP contribution is 2.12. The van der Waals surface area contributed by atoms with Crippen molar-refractivity contribution in [1.82, 2.24) is 10.1 Å². The van der Waals surface area contributed by atoms with Gasteiger partial charge in [0.05, 0.1) is 12.2 Å². The Balaban J connectivity index is 1.99. The fourth-order valence-corrected chi connectivity index (χ4v) is 1.31. The minimum absolute atomic E-state index is 0.578. The lowest BCUT2D eigenvalue weighted by Gasteiger charge is -2.05. The highest BCUT2D eigenvalue weighted by molar-refractivity contribution is 5.51. The van der Waals surface area contributed by atoms with Crippen molar-refractivity contribution in [2.75, 3.05) is 10.7 Å². The molecule has 2 heterocycles. The molecule has 16 heavy (non-hydrogen) atoms. The molecule has 0 aliphatic heterocycles. The maximum absolute atomic E-state index is 5.26. The van der Waals surface area contributed by atoms with Crippen LogP contribution in [-0.2, 0) is 6.54 Å². The number of rotatable bonds is 4. The molecule has 0 aromatic carbocycles.